The summed E-state index contributed by atoms with van der Waals surface area (Å²) in [6.45, 7) is 6.59. The lowest BCUT2D eigenvalue weighted by Crippen LogP contribution is -2.30. The monoisotopic (exact) mass is 369 g/mol. The van der Waals surface area contributed by atoms with E-state index in [1.165, 1.54) is 0 Å². The topological polar surface area (TPSA) is 59.2 Å². The molecular formula is C20H20ClN3O2. The minimum absolute atomic E-state index is 0.160. The molecule has 6 heteroatoms. The van der Waals surface area contributed by atoms with Crippen molar-refractivity contribution >= 4 is 17.5 Å². The van der Waals surface area contributed by atoms with Crippen LogP contribution in [0.2, 0.25) is 5.02 Å². The number of nitrogens with zero attached hydrogens (tertiary/aromatic N) is 3. The summed E-state index contributed by atoms with van der Waals surface area (Å²) in [5, 5.41) is 4.46. The molecule has 1 heterocycles. The number of benzene rings is 2. The Labute approximate surface area is 157 Å². The fourth-order valence-corrected chi connectivity index (χ4v) is 2.91. The van der Waals surface area contributed by atoms with Gasteiger partial charge in [-0.2, -0.15) is 4.98 Å². The molecule has 26 heavy (non-hydrogen) atoms. The molecule has 5 nitrogen and oxygen atoms in total. The zero-order valence-corrected chi connectivity index (χ0v) is 15.7. The van der Waals surface area contributed by atoms with E-state index in [0.717, 1.165) is 16.7 Å². The maximum absolute atomic E-state index is 12.8. The number of aromatic nitrogens is 2. The predicted octanol–water partition coefficient (Wildman–Crippen LogP) is 4.67. The van der Waals surface area contributed by atoms with E-state index in [4.69, 9.17) is 16.1 Å². The lowest BCUT2D eigenvalue weighted by molar-refractivity contribution is 0.0734. The number of rotatable bonds is 5. The molecule has 3 aromatic rings. The quantitative estimate of drug-likeness (QED) is 0.655. The van der Waals surface area contributed by atoms with Crippen LogP contribution in [0.1, 0.15) is 34.3 Å². The minimum atomic E-state index is -0.160. The second-order valence-electron chi connectivity index (χ2n) is 6.18. The Morgan fingerprint density at radius 1 is 1.12 bits per heavy atom. The zero-order chi connectivity index (χ0) is 18.7. The van der Waals surface area contributed by atoms with Gasteiger partial charge in [0.2, 0.25) is 11.7 Å². The lowest BCUT2D eigenvalue weighted by atomic mass is 10.1. The van der Waals surface area contributed by atoms with E-state index in [9.17, 15) is 4.79 Å². The van der Waals surface area contributed by atoms with E-state index in [-0.39, 0.29) is 12.5 Å². The van der Waals surface area contributed by atoms with E-state index in [0.29, 0.717) is 28.8 Å². The first-order valence-corrected chi connectivity index (χ1v) is 8.80. The third-order valence-corrected chi connectivity index (χ3v) is 4.44. The Morgan fingerprint density at radius 2 is 1.81 bits per heavy atom. The van der Waals surface area contributed by atoms with Crippen LogP contribution < -0.4 is 0 Å². The van der Waals surface area contributed by atoms with E-state index >= 15 is 0 Å². The molecule has 0 unspecified atom stereocenters. The summed E-state index contributed by atoms with van der Waals surface area (Å²) >= 11 is 6.23. The summed E-state index contributed by atoms with van der Waals surface area (Å²) in [5.74, 6) is 0.739. The molecule has 0 aliphatic carbocycles. The number of aryl methyl sites for hydroxylation is 2. The zero-order valence-electron chi connectivity index (χ0n) is 15.0. The molecule has 3 rings (SSSR count). The SMILES string of the molecule is CCN(Cc1nc(-c2ccc(C)cc2)no1)C(=O)c1ccc(C)cc1Cl. The van der Waals surface area contributed by atoms with E-state index in [1.807, 2.05) is 51.1 Å². The molecule has 0 bridgehead atoms. The van der Waals surface area contributed by atoms with E-state index < -0.39 is 0 Å². The van der Waals surface area contributed by atoms with Crippen molar-refractivity contribution < 1.29 is 9.32 Å². The van der Waals surface area contributed by atoms with Crippen LogP contribution in [0.25, 0.3) is 11.4 Å². The summed E-state index contributed by atoms with van der Waals surface area (Å²) < 4.78 is 5.33. The van der Waals surface area contributed by atoms with Crippen molar-refractivity contribution in [2.45, 2.75) is 27.3 Å². The Bertz CT molecular complexity index is 919. The van der Waals surface area contributed by atoms with Crippen LogP contribution in [0.5, 0.6) is 0 Å². The van der Waals surface area contributed by atoms with Gasteiger partial charge in [-0.25, -0.2) is 0 Å². The molecule has 0 saturated heterocycles. The van der Waals surface area contributed by atoms with Crippen LogP contribution in [-0.2, 0) is 6.54 Å². The van der Waals surface area contributed by atoms with Gasteiger partial charge < -0.3 is 9.42 Å². The van der Waals surface area contributed by atoms with E-state index in [2.05, 4.69) is 10.1 Å². The molecular weight excluding hydrogens is 350 g/mol. The summed E-state index contributed by atoms with van der Waals surface area (Å²) in [5.41, 5.74) is 3.52. The number of amides is 1. The molecule has 2 aromatic carbocycles. The fraction of sp³-hybridized carbons (Fsp3) is 0.250. The van der Waals surface area contributed by atoms with Crippen LogP contribution in [0, 0.1) is 13.8 Å². The van der Waals surface area contributed by atoms with Gasteiger partial charge in [0.25, 0.3) is 5.91 Å². The number of hydrogen-bond donors (Lipinski definition) is 0. The van der Waals surface area contributed by atoms with Gasteiger partial charge in [0, 0.05) is 12.1 Å². The summed E-state index contributed by atoms with van der Waals surface area (Å²) in [7, 11) is 0. The summed E-state index contributed by atoms with van der Waals surface area (Å²) in [6.07, 6.45) is 0. The Kier molecular flexibility index (Phi) is 5.38. The van der Waals surface area contributed by atoms with Gasteiger partial charge in [0.15, 0.2) is 0 Å². The Balaban J connectivity index is 1.78. The van der Waals surface area contributed by atoms with Gasteiger partial charge in [0.1, 0.15) is 6.54 Å². The van der Waals surface area contributed by atoms with Gasteiger partial charge >= 0.3 is 0 Å². The predicted molar refractivity (Wildman–Crippen MR) is 101 cm³/mol. The van der Waals surface area contributed by atoms with Gasteiger partial charge in [-0.15, -0.1) is 0 Å². The maximum atomic E-state index is 12.8. The first-order valence-electron chi connectivity index (χ1n) is 8.43. The summed E-state index contributed by atoms with van der Waals surface area (Å²) in [6, 6.07) is 13.3. The largest absolute Gasteiger partial charge is 0.337 e. The molecule has 0 saturated carbocycles. The van der Waals surface area contributed by atoms with Crippen molar-refractivity contribution in [3.05, 3.63) is 70.1 Å². The number of carbonyl (C=O) groups excluding carboxylic acids is 1. The fourth-order valence-electron chi connectivity index (χ4n) is 2.59. The molecule has 0 aliphatic heterocycles. The van der Waals surface area contributed by atoms with Crippen molar-refractivity contribution in [2.75, 3.05) is 6.54 Å². The lowest BCUT2D eigenvalue weighted by Gasteiger charge is -2.19. The van der Waals surface area contributed by atoms with Crippen molar-refractivity contribution in [3.63, 3.8) is 0 Å². The number of halogens is 1. The molecule has 0 atom stereocenters. The van der Waals surface area contributed by atoms with Crippen LogP contribution in [-0.4, -0.2) is 27.5 Å². The van der Waals surface area contributed by atoms with Crippen LogP contribution >= 0.6 is 11.6 Å². The highest BCUT2D eigenvalue weighted by Crippen LogP contribution is 2.21. The van der Waals surface area contributed by atoms with Gasteiger partial charge in [0.05, 0.1) is 10.6 Å². The Hall–Kier alpha value is -2.66. The average Bonchev–Trinajstić information content (AvgIpc) is 3.08. The highest BCUT2D eigenvalue weighted by molar-refractivity contribution is 6.33. The average molecular weight is 370 g/mol. The first-order chi connectivity index (χ1) is 12.5. The van der Waals surface area contributed by atoms with Crippen LogP contribution in [0.4, 0.5) is 0 Å². The smallest absolute Gasteiger partial charge is 0.255 e. The third-order valence-electron chi connectivity index (χ3n) is 4.13. The van der Waals surface area contributed by atoms with E-state index in [1.54, 1.807) is 17.0 Å². The molecule has 0 N–H and O–H groups in total. The van der Waals surface area contributed by atoms with Crippen LogP contribution in [0.3, 0.4) is 0 Å². The minimum Gasteiger partial charge on any atom is -0.337 e. The second-order valence-corrected chi connectivity index (χ2v) is 6.59. The standard InChI is InChI=1S/C20H20ClN3O2/c1-4-24(20(25)16-10-7-14(3)11-17(16)21)12-18-22-19(23-26-18)15-8-5-13(2)6-9-15/h5-11H,4,12H2,1-3H3. The number of hydrogen-bond acceptors (Lipinski definition) is 4. The molecule has 0 radical (unpaired) electrons. The first kappa shape index (κ1) is 18.1. The Morgan fingerprint density at radius 3 is 2.46 bits per heavy atom. The third kappa shape index (κ3) is 3.94. The second kappa shape index (κ2) is 7.70. The molecule has 0 aliphatic rings. The maximum Gasteiger partial charge on any atom is 0.255 e. The normalized spacial score (nSPS) is 10.8. The molecule has 1 aromatic heterocycles. The number of carbonyl (C=O) groups is 1. The molecule has 134 valence electrons. The van der Waals surface area contributed by atoms with Gasteiger partial charge in [-0.05, 0) is 38.5 Å². The van der Waals surface area contributed by atoms with Gasteiger partial charge in [-0.1, -0.05) is 52.7 Å². The van der Waals surface area contributed by atoms with Crippen molar-refractivity contribution in [1.82, 2.24) is 15.0 Å². The molecule has 0 fully saturated rings. The van der Waals surface area contributed by atoms with Crippen molar-refractivity contribution in [1.29, 1.82) is 0 Å². The van der Waals surface area contributed by atoms with Crippen LogP contribution in [0.15, 0.2) is 47.0 Å². The molecule has 1 amide bonds. The highest BCUT2D eigenvalue weighted by atomic mass is 35.5. The van der Waals surface area contributed by atoms with Crippen molar-refractivity contribution in [2.24, 2.45) is 0 Å². The summed E-state index contributed by atoms with van der Waals surface area (Å²) in [4.78, 5) is 18.8. The molecule has 0 spiro atoms. The highest BCUT2D eigenvalue weighted by Gasteiger charge is 2.20. The van der Waals surface area contributed by atoms with Crippen molar-refractivity contribution in [3.8, 4) is 11.4 Å². The van der Waals surface area contributed by atoms with Gasteiger partial charge in [-0.3, -0.25) is 4.79 Å².